The highest BCUT2D eigenvalue weighted by Crippen LogP contribution is 2.25. The third kappa shape index (κ3) is 4.05. The van der Waals surface area contributed by atoms with Crippen LogP contribution in [-0.2, 0) is 19.6 Å². The number of furan rings is 1. The zero-order valence-electron chi connectivity index (χ0n) is 15.1. The number of ether oxygens (including phenoxy) is 1. The molecule has 0 spiro atoms. The first-order valence-corrected chi connectivity index (χ1v) is 9.84. The molecule has 3 N–H and O–H groups in total. The number of esters is 1. The van der Waals surface area contributed by atoms with Gasteiger partial charge in [0, 0.05) is 16.6 Å². The van der Waals surface area contributed by atoms with E-state index < -0.39 is 28.0 Å². The third-order valence-electron chi connectivity index (χ3n) is 4.11. The Kier molecular flexibility index (Phi) is 5.21. The van der Waals surface area contributed by atoms with Crippen molar-refractivity contribution in [2.75, 3.05) is 5.32 Å². The molecule has 0 fully saturated rings. The van der Waals surface area contributed by atoms with Crippen LogP contribution in [0.5, 0.6) is 0 Å². The highest BCUT2D eigenvalue weighted by molar-refractivity contribution is 7.89. The molecular weight excluding hydrogens is 384 g/mol. The fourth-order valence-corrected chi connectivity index (χ4v) is 3.19. The Hall–Kier alpha value is -3.17. The number of para-hydroxylation sites is 1. The molecule has 0 aliphatic carbocycles. The molecule has 3 aromatic rings. The van der Waals surface area contributed by atoms with E-state index in [1.165, 1.54) is 31.2 Å². The molecule has 0 unspecified atom stereocenters. The third-order valence-corrected chi connectivity index (χ3v) is 5.02. The number of nitrogens with two attached hydrogens (primary N) is 1. The van der Waals surface area contributed by atoms with Crippen molar-refractivity contribution in [3.63, 3.8) is 0 Å². The highest BCUT2D eigenvalue weighted by atomic mass is 32.2. The number of amides is 1. The summed E-state index contributed by atoms with van der Waals surface area (Å²) in [5.41, 5.74) is 1.37. The van der Waals surface area contributed by atoms with Gasteiger partial charge < -0.3 is 14.5 Å². The topological polar surface area (TPSA) is 129 Å². The van der Waals surface area contributed by atoms with Crippen LogP contribution < -0.4 is 10.5 Å². The number of aryl methyl sites for hydroxylation is 1. The van der Waals surface area contributed by atoms with E-state index in [1.807, 2.05) is 12.1 Å². The molecule has 0 bridgehead atoms. The normalized spacial score (nSPS) is 12.5. The fourth-order valence-electron chi connectivity index (χ4n) is 2.63. The van der Waals surface area contributed by atoms with Crippen LogP contribution in [0.15, 0.2) is 57.8 Å². The number of hydrogen-bond donors (Lipinski definition) is 2. The van der Waals surface area contributed by atoms with Gasteiger partial charge in [0.2, 0.25) is 15.8 Å². The van der Waals surface area contributed by atoms with E-state index in [0.717, 1.165) is 5.39 Å². The zero-order chi connectivity index (χ0) is 20.5. The van der Waals surface area contributed by atoms with Crippen molar-refractivity contribution < 1.29 is 27.2 Å². The van der Waals surface area contributed by atoms with Crippen molar-refractivity contribution in [3.05, 3.63) is 59.9 Å². The SMILES string of the molecule is Cc1c(C(=O)O[C@H](C)C(=O)Nc2cccc(S(N)(=O)=O)c2)oc2ccccc12. The molecular formula is C19H18N2O6S. The molecule has 3 rings (SSSR count). The molecule has 0 aliphatic rings. The van der Waals surface area contributed by atoms with Gasteiger partial charge in [-0.15, -0.1) is 0 Å². The van der Waals surface area contributed by atoms with E-state index in [2.05, 4.69) is 5.32 Å². The second-order valence-electron chi connectivity index (χ2n) is 6.16. The van der Waals surface area contributed by atoms with Gasteiger partial charge >= 0.3 is 5.97 Å². The molecule has 1 amide bonds. The quantitative estimate of drug-likeness (QED) is 0.631. The lowest BCUT2D eigenvalue weighted by Gasteiger charge is -2.13. The summed E-state index contributed by atoms with van der Waals surface area (Å²) in [5, 5.41) is 8.34. The largest absolute Gasteiger partial charge is 0.449 e. The van der Waals surface area contributed by atoms with E-state index in [0.29, 0.717) is 11.1 Å². The molecule has 1 atom stereocenters. The average molecular weight is 402 g/mol. The Balaban J connectivity index is 1.72. The Morgan fingerprint density at radius 2 is 1.86 bits per heavy atom. The second-order valence-corrected chi connectivity index (χ2v) is 7.72. The van der Waals surface area contributed by atoms with Gasteiger partial charge in [0.15, 0.2) is 6.10 Å². The Bertz CT molecular complexity index is 1170. The molecule has 0 saturated heterocycles. The van der Waals surface area contributed by atoms with E-state index >= 15 is 0 Å². The molecule has 0 aliphatic heterocycles. The monoisotopic (exact) mass is 402 g/mol. The van der Waals surface area contributed by atoms with Crippen LogP contribution >= 0.6 is 0 Å². The average Bonchev–Trinajstić information content (AvgIpc) is 2.98. The van der Waals surface area contributed by atoms with Gasteiger partial charge in [0.1, 0.15) is 5.58 Å². The minimum atomic E-state index is -3.90. The molecule has 0 radical (unpaired) electrons. The van der Waals surface area contributed by atoms with Crippen molar-refractivity contribution in [1.82, 2.24) is 0 Å². The number of carbonyl (C=O) groups excluding carboxylic acids is 2. The number of hydrogen-bond acceptors (Lipinski definition) is 6. The van der Waals surface area contributed by atoms with Gasteiger partial charge in [0.05, 0.1) is 4.90 Å². The maximum absolute atomic E-state index is 12.4. The van der Waals surface area contributed by atoms with Crippen LogP contribution in [0.3, 0.4) is 0 Å². The molecule has 28 heavy (non-hydrogen) atoms. The van der Waals surface area contributed by atoms with Gasteiger partial charge in [-0.2, -0.15) is 0 Å². The molecule has 146 valence electrons. The summed E-state index contributed by atoms with van der Waals surface area (Å²) in [7, 11) is -3.90. The number of carbonyl (C=O) groups is 2. The molecule has 1 heterocycles. The first-order valence-electron chi connectivity index (χ1n) is 8.29. The molecule has 9 heteroatoms. The predicted molar refractivity (Wildman–Crippen MR) is 102 cm³/mol. The maximum atomic E-state index is 12.4. The lowest BCUT2D eigenvalue weighted by atomic mass is 10.1. The predicted octanol–water partition coefficient (Wildman–Crippen LogP) is 2.57. The lowest BCUT2D eigenvalue weighted by Crippen LogP contribution is -2.30. The summed E-state index contributed by atoms with van der Waals surface area (Å²) in [4.78, 5) is 24.5. The number of nitrogens with one attached hydrogen (secondary N) is 1. The Morgan fingerprint density at radius 1 is 1.14 bits per heavy atom. The molecule has 8 nitrogen and oxygen atoms in total. The van der Waals surface area contributed by atoms with Gasteiger partial charge in [-0.3, -0.25) is 4.79 Å². The van der Waals surface area contributed by atoms with E-state index in [1.54, 1.807) is 19.1 Å². The maximum Gasteiger partial charge on any atom is 0.375 e. The van der Waals surface area contributed by atoms with Crippen LogP contribution in [0.2, 0.25) is 0 Å². The smallest absolute Gasteiger partial charge is 0.375 e. The summed E-state index contributed by atoms with van der Waals surface area (Å²) < 4.78 is 33.5. The van der Waals surface area contributed by atoms with Crippen molar-refractivity contribution in [3.8, 4) is 0 Å². The number of fused-ring (bicyclic) bond motifs is 1. The Labute approximate surface area is 161 Å². The van der Waals surface area contributed by atoms with Crippen molar-refractivity contribution in [2.24, 2.45) is 5.14 Å². The summed E-state index contributed by atoms with van der Waals surface area (Å²) in [6.45, 7) is 3.13. The number of primary sulfonamides is 1. The van der Waals surface area contributed by atoms with Gasteiger partial charge in [0.25, 0.3) is 5.91 Å². The molecule has 0 saturated carbocycles. The van der Waals surface area contributed by atoms with Gasteiger partial charge in [-0.05, 0) is 38.1 Å². The van der Waals surface area contributed by atoms with E-state index in [4.69, 9.17) is 14.3 Å². The first-order chi connectivity index (χ1) is 13.2. The standard InChI is InChI=1S/C19H18N2O6S/c1-11-15-8-3-4-9-16(15)27-17(11)19(23)26-12(2)18(22)21-13-6-5-7-14(10-13)28(20,24)25/h3-10,12H,1-2H3,(H,21,22)(H2,20,24,25)/t12-/m1/s1. The van der Waals surface area contributed by atoms with E-state index in [-0.39, 0.29) is 16.3 Å². The van der Waals surface area contributed by atoms with Gasteiger partial charge in [-0.25, -0.2) is 18.4 Å². The summed E-state index contributed by atoms with van der Waals surface area (Å²) in [5.74, 6) is -1.37. The number of anilines is 1. The van der Waals surface area contributed by atoms with Gasteiger partial charge in [-0.1, -0.05) is 24.3 Å². The highest BCUT2D eigenvalue weighted by Gasteiger charge is 2.24. The van der Waals surface area contributed by atoms with Crippen LogP contribution in [-0.4, -0.2) is 26.4 Å². The lowest BCUT2D eigenvalue weighted by molar-refractivity contribution is -0.123. The van der Waals surface area contributed by atoms with Crippen LogP contribution in [0.1, 0.15) is 23.0 Å². The first kappa shape index (κ1) is 19.6. The summed E-state index contributed by atoms with van der Waals surface area (Å²) in [6.07, 6.45) is -1.14. The minimum absolute atomic E-state index is 0.0251. The summed E-state index contributed by atoms with van der Waals surface area (Å²) in [6, 6.07) is 12.6. The van der Waals surface area contributed by atoms with Crippen molar-refractivity contribution in [1.29, 1.82) is 0 Å². The van der Waals surface area contributed by atoms with Crippen LogP contribution in [0, 0.1) is 6.92 Å². The number of benzene rings is 2. The fraction of sp³-hybridized carbons (Fsp3) is 0.158. The van der Waals surface area contributed by atoms with Crippen molar-refractivity contribution in [2.45, 2.75) is 24.8 Å². The second kappa shape index (κ2) is 7.45. The van der Waals surface area contributed by atoms with Crippen molar-refractivity contribution >= 4 is 38.6 Å². The van der Waals surface area contributed by atoms with Crippen LogP contribution in [0.25, 0.3) is 11.0 Å². The Morgan fingerprint density at radius 3 is 2.54 bits per heavy atom. The molecule has 2 aromatic carbocycles. The number of sulfonamides is 1. The van der Waals surface area contributed by atoms with Crippen LogP contribution in [0.4, 0.5) is 5.69 Å². The summed E-state index contributed by atoms with van der Waals surface area (Å²) >= 11 is 0. The minimum Gasteiger partial charge on any atom is -0.449 e. The molecule has 1 aromatic heterocycles. The van der Waals surface area contributed by atoms with E-state index in [9.17, 15) is 18.0 Å². The number of rotatable bonds is 5. The zero-order valence-corrected chi connectivity index (χ0v) is 15.9.